The van der Waals surface area contributed by atoms with Crippen LogP contribution < -0.4 is 5.32 Å². The number of nitrogens with zero attached hydrogens (tertiary/aromatic N) is 3. The summed E-state index contributed by atoms with van der Waals surface area (Å²) in [6, 6.07) is 14.7. The smallest absolute Gasteiger partial charge is 0.322 e. The van der Waals surface area contributed by atoms with Crippen molar-refractivity contribution < 1.29 is 14.0 Å². The molecule has 0 aliphatic rings. The number of hydrogen-bond acceptors (Lipinski definition) is 3. The fourth-order valence-corrected chi connectivity index (χ4v) is 3.54. The van der Waals surface area contributed by atoms with E-state index < -0.39 is 0 Å². The van der Waals surface area contributed by atoms with E-state index in [4.69, 9.17) is 4.42 Å². The Kier molecular flexibility index (Phi) is 8.56. The predicted octanol–water partition coefficient (Wildman–Crippen LogP) is 5.24. The first kappa shape index (κ1) is 23.7. The number of urea groups is 1. The topological polar surface area (TPSA) is 70.7 Å². The van der Waals surface area contributed by atoms with E-state index in [9.17, 15) is 9.59 Å². The molecular formula is C24H29BrN4O3. The summed E-state index contributed by atoms with van der Waals surface area (Å²) in [5, 5.41) is 2.90. The lowest BCUT2D eigenvalue weighted by molar-refractivity contribution is -0.133. The number of amides is 3. The number of unbranched alkanes of at least 4 members (excludes halogenated alkanes) is 1. The van der Waals surface area contributed by atoms with Crippen molar-refractivity contribution in [2.24, 2.45) is 7.05 Å². The highest BCUT2D eigenvalue weighted by atomic mass is 79.9. The van der Waals surface area contributed by atoms with Crippen LogP contribution in [0.15, 0.2) is 69.9 Å². The van der Waals surface area contributed by atoms with Crippen molar-refractivity contribution >= 4 is 33.6 Å². The Balaban J connectivity index is 1.73. The van der Waals surface area contributed by atoms with Gasteiger partial charge >= 0.3 is 6.03 Å². The van der Waals surface area contributed by atoms with Crippen LogP contribution in [-0.2, 0) is 24.9 Å². The van der Waals surface area contributed by atoms with E-state index in [2.05, 4.69) is 28.2 Å². The first-order valence-corrected chi connectivity index (χ1v) is 11.5. The third-order valence-corrected chi connectivity index (χ3v) is 5.70. The van der Waals surface area contributed by atoms with Crippen LogP contribution in [0.2, 0.25) is 0 Å². The minimum absolute atomic E-state index is 0.00646. The number of anilines is 1. The van der Waals surface area contributed by atoms with E-state index >= 15 is 0 Å². The lowest BCUT2D eigenvalue weighted by Gasteiger charge is -2.27. The molecule has 3 aromatic rings. The number of carbonyl (C=O) groups is 2. The van der Waals surface area contributed by atoms with Crippen LogP contribution in [0.1, 0.15) is 31.2 Å². The summed E-state index contributed by atoms with van der Waals surface area (Å²) in [6.45, 7) is 3.33. The minimum atomic E-state index is -0.286. The normalized spacial score (nSPS) is 10.7. The molecule has 0 bridgehead atoms. The number of hydrogen-bond donors (Lipinski definition) is 1. The maximum atomic E-state index is 13.3. The average Bonchev–Trinajstić information content (AvgIpc) is 3.44. The van der Waals surface area contributed by atoms with Crippen molar-refractivity contribution in [3.8, 4) is 0 Å². The SMILES string of the molecule is CCCCN(CC(=O)N(Cc1ccco1)Cc1cccn1C)C(=O)Nc1ccc(Br)cc1. The molecule has 2 aromatic heterocycles. The lowest BCUT2D eigenvalue weighted by atomic mass is 10.3. The number of aromatic nitrogens is 1. The van der Waals surface area contributed by atoms with Gasteiger partial charge in [-0.15, -0.1) is 0 Å². The molecule has 0 radical (unpaired) electrons. The van der Waals surface area contributed by atoms with E-state index in [1.54, 1.807) is 22.1 Å². The van der Waals surface area contributed by atoms with Crippen LogP contribution in [0.4, 0.5) is 10.5 Å². The second kappa shape index (κ2) is 11.6. The van der Waals surface area contributed by atoms with Gasteiger partial charge in [0.05, 0.1) is 19.4 Å². The third kappa shape index (κ3) is 6.75. The number of carbonyl (C=O) groups excluding carboxylic acids is 2. The number of benzene rings is 1. The molecule has 0 aliphatic carbocycles. The van der Waals surface area contributed by atoms with Crippen molar-refractivity contribution in [1.82, 2.24) is 14.4 Å². The summed E-state index contributed by atoms with van der Waals surface area (Å²) >= 11 is 3.39. The molecule has 3 rings (SSSR count). The molecule has 1 aromatic carbocycles. The highest BCUT2D eigenvalue weighted by Gasteiger charge is 2.23. The molecule has 0 spiro atoms. The highest BCUT2D eigenvalue weighted by molar-refractivity contribution is 9.10. The Morgan fingerprint density at radius 1 is 1.06 bits per heavy atom. The molecule has 0 saturated heterocycles. The van der Waals surface area contributed by atoms with Crippen LogP contribution in [0.3, 0.4) is 0 Å². The third-order valence-electron chi connectivity index (χ3n) is 5.17. The second-order valence-corrected chi connectivity index (χ2v) is 8.57. The van der Waals surface area contributed by atoms with Gasteiger partial charge in [-0.3, -0.25) is 4.79 Å². The Labute approximate surface area is 197 Å². The Bertz CT molecular complexity index is 999. The van der Waals surface area contributed by atoms with Gasteiger partial charge in [0, 0.05) is 35.6 Å². The number of rotatable bonds is 10. The summed E-state index contributed by atoms with van der Waals surface area (Å²) in [6.07, 6.45) is 5.29. The van der Waals surface area contributed by atoms with Crippen LogP contribution in [0, 0.1) is 0 Å². The number of furan rings is 1. The Morgan fingerprint density at radius 3 is 2.47 bits per heavy atom. The van der Waals surface area contributed by atoms with Crippen LogP contribution in [-0.4, -0.2) is 39.4 Å². The fraction of sp³-hybridized carbons (Fsp3) is 0.333. The quantitative estimate of drug-likeness (QED) is 0.413. The molecule has 0 unspecified atom stereocenters. The molecule has 2 heterocycles. The molecule has 8 heteroatoms. The number of halogens is 1. The van der Waals surface area contributed by atoms with Crippen molar-refractivity contribution in [3.05, 3.63) is 76.9 Å². The standard InChI is InChI=1S/C24H29BrN4O3/c1-3-4-14-28(24(31)26-20-11-9-19(25)10-12-20)18-23(30)29(17-22-8-6-15-32-22)16-21-7-5-13-27(21)2/h5-13,15H,3-4,14,16-18H2,1-2H3,(H,26,31). The molecule has 170 valence electrons. The molecular weight excluding hydrogens is 472 g/mol. The van der Waals surface area contributed by atoms with E-state index in [1.165, 1.54) is 0 Å². The largest absolute Gasteiger partial charge is 0.467 e. The van der Waals surface area contributed by atoms with Crippen LogP contribution in [0.5, 0.6) is 0 Å². The van der Waals surface area contributed by atoms with Crippen LogP contribution >= 0.6 is 15.9 Å². The van der Waals surface area contributed by atoms with Crippen molar-refractivity contribution in [1.29, 1.82) is 0 Å². The number of nitrogens with one attached hydrogen (secondary N) is 1. The zero-order valence-electron chi connectivity index (χ0n) is 18.5. The Hall–Kier alpha value is -3.00. The first-order chi connectivity index (χ1) is 15.5. The molecule has 0 saturated carbocycles. The molecule has 3 amide bonds. The second-order valence-electron chi connectivity index (χ2n) is 7.65. The average molecular weight is 501 g/mol. The molecule has 7 nitrogen and oxygen atoms in total. The molecule has 0 aliphatic heterocycles. The van der Waals surface area contributed by atoms with Gasteiger partial charge < -0.3 is 24.1 Å². The summed E-state index contributed by atoms with van der Waals surface area (Å²) < 4.78 is 8.39. The van der Waals surface area contributed by atoms with Crippen LogP contribution in [0.25, 0.3) is 0 Å². The van der Waals surface area contributed by atoms with Gasteiger partial charge in [-0.1, -0.05) is 29.3 Å². The lowest BCUT2D eigenvalue weighted by Crippen LogP contribution is -2.44. The van der Waals surface area contributed by atoms with E-state index in [-0.39, 0.29) is 18.5 Å². The van der Waals surface area contributed by atoms with Gasteiger partial charge in [-0.25, -0.2) is 4.79 Å². The van der Waals surface area contributed by atoms with Gasteiger partial charge in [-0.2, -0.15) is 0 Å². The predicted molar refractivity (Wildman–Crippen MR) is 128 cm³/mol. The zero-order valence-corrected chi connectivity index (χ0v) is 20.0. The molecule has 0 atom stereocenters. The summed E-state index contributed by atoms with van der Waals surface area (Å²) in [7, 11) is 1.95. The Morgan fingerprint density at radius 2 is 1.84 bits per heavy atom. The van der Waals surface area contributed by atoms with Gasteiger partial charge in [0.1, 0.15) is 12.3 Å². The van der Waals surface area contributed by atoms with Gasteiger partial charge in [-0.05, 0) is 55.0 Å². The highest BCUT2D eigenvalue weighted by Crippen LogP contribution is 2.16. The maximum absolute atomic E-state index is 13.3. The van der Waals surface area contributed by atoms with E-state index in [0.29, 0.717) is 31.1 Å². The maximum Gasteiger partial charge on any atom is 0.322 e. The molecule has 0 fully saturated rings. The molecule has 1 N–H and O–H groups in total. The van der Waals surface area contributed by atoms with Crippen molar-refractivity contribution in [3.63, 3.8) is 0 Å². The van der Waals surface area contributed by atoms with Gasteiger partial charge in [0.15, 0.2) is 0 Å². The summed E-state index contributed by atoms with van der Waals surface area (Å²) in [4.78, 5) is 29.6. The monoisotopic (exact) mass is 500 g/mol. The minimum Gasteiger partial charge on any atom is -0.467 e. The number of aryl methyl sites for hydroxylation is 1. The summed E-state index contributed by atoms with van der Waals surface area (Å²) in [5.41, 5.74) is 1.69. The zero-order chi connectivity index (χ0) is 22.9. The van der Waals surface area contributed by atoms with E-state index in [0.717, 1.165) is 23.0 Å². The first-order valence-electron chi connectivity index (χ1n) is 10.7. The molecule has 32 heavy (non-hydrogen) atoms. The van der Waals surface area contributed by atoms with Gasteiger partial charge in [0.2, 0.25) is 5.91 Å². The fourth-order valence-electron chi connectivity index (χ4n) is 3.28. The summed E-state index contributed by atoms with van der Waals surface area (Å²) in [5.74, 6) is 0.566. The van der Waals surface area contributed by atoms with Crippen molar-refractivity contribution in [2.45, 2.75) is 32.9 Å². The van der Waals surface area contributed by atoms with Crippen molar-refractivity contribution in [2.75, 3.05) is 18.4 Å². The van der Waals surface area contributed by atoms with Gasteiger partial charge in [0.25, 0.3) is 0 Å². The van der Waals surface area contributed by atoms with E-state index in [1.807, 2.05) is 60.3 Å².